The molecule has 0 amide bonds. The maximum atomic E-state index is 12.2. The van der Waals surface area contributed by atoms with Crippen LogP contribution in [0.1, 0.15) is 20.8 Å². The quantitative estimate of drug-likeness (QED) is 0.761. The van der Waals surface area contributed by atoms with E-state index in [-0.39, 0.29) is 11.5 Å². The second-order valence-corrected chi connectivity index (χ2v) is 6.58. The van der Waals surface area contributed by atoms with Gasteiger partial charge in [-0.1, -0.05) is 12.1 Å². The van der Waals surface area contributed by atoms with Crippen LogP contribution in [0.5, 0.6) is 5.75 Å². The van der Waals surface area contributed by atoms with E-state index in [2.05, 4.69) is 0 Å². The minimum absolute atomic E-state index is 0.165. The second kappa shape index (κ2) is 5.46. The van der Waals surface area contributed by atoms with Gasteiger partial charge in [0, 0.05) is 11.9 Å². The van der Waals surface area contributed by atoms with Crippen LogP contribution in [-0.4, -0.2) is 22.9 Å². The topological polar surface area (TPSA) is 35.5 Å². The van der Waals surface area contributed by atoms with E-state index in [1.165, 1.54) is 0 Å². The molecule has 0 saturated carbocycles. The molecule has 90 valence electrons. The van der Waals surface area contributed by atoms with Gasteiger partial charge in [-0.3, -0.25) is 4.21 Å². The Morgan fingerprint density at radius 3 is 2.44 bits per heavy atom. The predicted octanol–water partition coefficient (Wildman–Crippen LogP) is 2.58. The Hall–Kier alpha value is -0.870. The van der Waals surface area contributed by atoms with E-state index in [1.807, 2.05) is 39.0 Å². The normalized spacial score (nSPS) is 13.5. The summed E-state index contributed by atoms with van der Waals surface area (Å²) in [6.07, 6.45) is 0. The molecule has 0 spiro atoms. The summed E-state index contributed by atoms with van der Waals surface area (Å²) >= 11 is 0. The van der Waals surface area contributed by atoms with Crippen molar-refractivity contribution in [1.82, 2.24) is 0 Å². The van der Waals surface area contributed by atoms with Crippen LogP contribution in [0.25, 0.3) is 0 Å². The summed E-state index contributed by atoms with van der Waals surface area (Å²) in [4.78, 5) is 0.715. The highest BCUT2D eigenvalue weighted by molar-refractivity contribution is 7.86. The molecule has 0 bridgehead atoms. The average molecular weight is 242 g/mol. The summed E-state index contributed by atoms with van der Waals surface area (Å²) in [5.41, 5.74) is 0. The molecule has 0 saturated heterocycles. The number of ether oxygens (including phenoxy) is 2. The van der Waals surface area contributed by atoms with Gasteiger partial charge in [-0.15, -0.1) is 0 Å². The van der Waals surface area contributed by atoms with E-state index in [1.54, 1.807) is 13.2 Å². The van der Waals surface area contributed by atoms with Crippen molar-refractivity contribution in [1.29, 1.82) is 0 Å². The third-order valence-corrected chi connectivity index (χ3v) is 3.79. The lowest BCUT2D eigenvalue weighted by Gasteiger charge is -2.19. The summed E-state index contributed by atoms with van der Waals surface area (Å²) in [6, 6.07) is 7.34. The van der Waals surface area contributed by atoms with Gasteiger partial charge in [0.1, 0.15) is 5.75 Å². The van der Waals surface area contributed by atoms with Crippen LogP contribution in [-0.2, 0) is 15.5 Å². The molecule has 0 heterocycles. The smallest absolute Gasteiger partial charge is 0.188 e. The van der Waals surface area contributed by atoms with Gasteiger partial charge < -0.3 is 9.47 Å². The molecule has 3 nitrogen and oxygen atoms in total. The Morgan fingerprint density at radius 1 is 1.25 bits per heavy atom. The Bertz CT molecular complexity index is 369. The van der Waals surface area contributed by atoms with Gasteiger partial charge in [0.25, 0.3) is 0 Å². The van der Waals surface area contributed by atoms with E-state index in [9.17, 15) is 4.21 Å². The largest absolute Gasteiger partial charge is 0.466 e. The fourth-order valence-electron chi connectivity index (χ4n) is 1.17. The van der Waals surface area contributed by atoms with E-state index in [4.69, 9.17) is 9.47 Å². The molecule has 0 fully saturated rings. The van der Waals surface area contributed by atoms with Crippen LogP contribution < -0.4 is 4.74 Å². The van der Waals surface area contributed by atoms with Crippen LogP contribution in [0, 0.1) is 0 Å². The molecule has 1 rings (SSSR count). The highest BCUT2D eigenvalue weighted by atomic mass is 32.2. The number of rotatable bonds is 4. The molecule has 1 unspecified atom stereocenters. The lowest BCUT2D eigenvalue weighted by molar-refractivity contribution is 0.0491. The number of benzene rings is 1. The van der Waals surface area contributed by atoms with E-state index in [0.717, 1.165) is 0 Å². The molecule has 0 N–H and O–H groups in total. The molecule has 1 aromatic carbocycles. The first-order chi connectivity index (χ1) is 7.46. The molecule has 0 aliphatic rings. The summed E-state index contributed by atoms with van der Waals surface area (Å²) in [5, 5.41) is 0. The second-order valence-electron chi connectivity index (χ2n) is 4.38. The Balaban J connectivity index is 2.99. The number of hydrogen-bond acceptors (Lipinski definition) is 3. The van der Waals surface area contributed by atoms with Crippen molar-refractivity contribution in [2.75, 3.05) is 13.9 Å². The summed E-state index contributed by atoms with van der Waals surface area (Å²) in [7, 11) is 0.463. The van der Waals surface area contributed by atoms with Gasteiger partial charge in [-0.05, 0) is 32.9 Å². The lowest BCUT2D eigenvalue weighted by Crippen LogP contribution is -2.22. The third-order valence-electron chi connectivity index (χ3n) is 1.94. The van der Waals surface area contributed by atoms with E-state index < -0.39 is 10.8 Å². The van der Waals surface area contributed by atoms with Crippen LogP contribution in [0.3, 0.4) is 0 Å². The van der Waals surface area contributed by atoms with Crippen LogP contribution in [0.4, 0.5) is 0 Å². The molecule has 1 aromatic rings. The highest BCUT2D eigenvalue weighted by Gasteiger charge is 2.23. The Morgan fingerprint density at radius 2 is 1.88 bits per heavy atom. The molecular formula is C12H18O3S. The van der Waals surface area contributed by atoms with Crippen molar-refractivity contribution in [3.05, 3.63) is 24.3 Å². The number of hydrogen-bond donors (Lipinski definition) is 0. The van der Waals surface area contributed by atoms with Gasteiger partial charge in [0.2, 0.25) is 0 Å². The molecule has 4 heteroatoms. The van der Waals surface area contributed by atoms with Crippen molar-refractivity contribution in [2.45, 2.75) is 30.4 Å². The van der Waals surface area contributed by atoms with E-state index >= 15 is 0 Å². The first kappa shape index (κ1) is 13.2. The highest BCUT2D eigenvalue weighted by Crippen LogP contribution is 2.28. The van der Waals surface area contributed by atoms with Crippen molar-refractivity contribution in [3.63, 3.8) is 0 Å². The monoisotopic (exact) mass is 242 g/mol. The van der Waals surface area contributed by atoms with Crippen LogP contribution in [0.2, 0.25) is 0 Å². The molecule has 16 heavy (non-hydrogen) atoms. The minimum atomic E-state index is -1.10. The van der Waals surface area contributed by atoms with Gasteiger partial charge in [0.15, 0.2) is 6.79 Å². The molecule has 1 atom stereocenters. The molecule has 0 aliphatic heterocycles. The predicted molar refractivity (Wildman–Crippen MR) is 65.1 cm³/mol. The lowest BCUT2D eigenvalue weighted by atomic mass is 10.3. The van der Waals surface area contributed by atoms with Crippen molar-refractivity contribution in [3.8, 4) is 5.75 Å². The van der Waals surface area contributed by atoms with E-state index in [0.29, 0.717) is 10.6 Å². The average Bonchev–Trinajstić information content (AvgIpc) is 2.24. The Labute approximate surface area is 99.2 Å². The zero-order valence-corrected chi connectivity index (χ0v) is 11.0. The first-order valence-electron chi connectivity index (χ1n) is 5.09. The first-order valence-corrected chi connectivity index (χ1v) is 6.24. The third kappa shape index (κ3) is 3.32. The fourth-order valence-corrected chi connectivity index (χ4v) is 2.35. The van der Waals surface area contributed by atoms with Gasteiger partial charge >= 0.3 is 0 Å². The maximum Gasteiger partial charge on any atom is 0.188 e. The summed E-state index contributed by atoms with van der Waals surface area (Å²) in [5.74, 6) is 0.623. The molecule has 0 aromatic heterocycles. The molecular weight excluding hydrogens is 224 g/mol. The van der Waals surface area contributed by atoms with Crippen molar-refractivity contribution >= 4 is 10.8 Å². The molecule has 0 aliphatic carbocycles. The van der Waals surface area contributed by atoms with Crippen molar-refractivity contribution in [2.24, 2.45) is 0 Å². The van der Waals surface area contributed by atoms with Gasteiger partial charge in [-0.25, -0.2) is 0 Å². The van der Waals surface area contributed by atoms with Crippen molar-refractivity contribution < 1.29 is 13.7 Å². The van der Waals surface area contributed by atoms with Crippen LogP contribution >= 0.6 is 0 Å². The number of methoxy groups -OCH3 is 1. The molecule has 0 radical (unpaired) electrons. The SMILES string of the molecule is COCOc1ccccc1S(=O)C(C)(C)C. The zero-order valence-electron chi connectivity index (χ0n) is 10.1. The van der Waals surface area contributed by atoms with Gasteiger partial charge in [-0.2, -0.15) is 0 Å². The number of para-hydroxylation sites is 1. The maximum absolute atomic E-state index is 12.2. The minimum Gasteiger partial charge on any atom is -0.466 e. The standard InChI is InChI=1S/C12H18O3S/c1-12(2,3)16(13)11-8-6-5-7-10(11)15-9-14-4/h5-8H,9H2,1-4H3. The fraction of sp³-hybridized carbons (Fsp3) is 0.500. The Kier molecular flexibility index (Phi) is 4.50. The van der Waals surface area contributed by atoms with Crippen LogP contribution in [0.15, 0.2) is 29.2 Å². The summed E-state index contributed by atoms with van der Waals surface area (Å²) in [6.45, 7) is 5.99. The summed E-state index contributed by atoms with van der Waals surface area (Å²) < 4.78 is 22.2. The van der Waals surface area contributed by atoms with Gasteiger partial charge in [0.05, 0.1) is 15.7 Å². The zero-order chi connectivity index (χ0) is 12.2.